The van der Waals surface area contributed by atoms with Crippen LogP contribution in [0.2, 0.25) is 5.02 Å². The summed E-state index contributed by atoms with van der Waals surface area (Å²) >= 11 is 6.27. The number of aliphatic imine (C=N–C) groups is 1. The van der Waals surface area contributed by atoms with Crippen LogP contribution in [0, 0.1) is 0 Å². The summed E-state index contributed by atoms with van der Waals surface area (Å²) in [6.07, 6.45) is 4.59. The van der Waals surface area contributed by atoms with Crippen molar-refractivity contribution in [3.63, 3.8) is 0 Å². The normalized spacial score (nSPS) is 16.5. The smallest absolute Gasteiger partial charge is 0.191 e. The van der Waals surface area contributed by atoms with Crippen molar-refractivity contribution in [1.82, 2.24) is 20.6 Å². The van der Waals surface area contributed by atoms with Gasteiger partial charge in [-0.25, -0.2) is 9.97 Å². The van der Waals surface area contributed by atoms with E-state index in [1.54, 1.807) is 13.2 Å². The number of rotatable bonds is 5. The highest BCUT2D eigenvalue weighted by Crippen LogP contribution is 2.25. The number of nitrogens with one attached hydrogen (secondary N) is 2. The molecule has 1 atom stereocenters. The van der Waals surface area contributed by atoms with Crippen LogP contribution in [0.25, 0.3) is 0 Å². The van der Waals surface area contributed by atoms with E-state index in [2.05, 4.69) is 36.6 Å². The Labute approximate surface area is 188 Å². The Bertz CT molecular complexity index is 799. The molecule has 3 rings (SSSR count). The third kappa shape index (κ3) is 5.60. The van der Waals surface area contributed by atoms with Crippen molar-refractivity contribution in [2.75, 3.05) is 44.0 Å². The van der Waals surface area contributed by atoms with Gasteiger partial charge in [-0.3, -0.25) is 4.99 Å². The van der Waals surface area contributed by atoms with Crippen LogP contribution in [0.4, 0.5) is 11.6 Å². The highest BCUT2D eigenvalue weighted by molar-refractivity contribution is 14.0. The maximum Gasteiger partial charge on any atom is 0.191 e. The summed E-state index contributed by atoms with van der Waals surface area (Å²) in [5.41, 5.74) is 1.12. The second kappa shape index (κ2) is 10.7. The molecule has 0 saturated carbocycles. The first kappa shape index (κ1) is 22.5. The van der Waals surface area contributed by atoms with Crippen LogP contribution in [0.5, 0.6) is 0 Å². The van der Waals surface area contributed by atoms with Gasteiger partial charge >= 0.3 is 0 Å². The van der Waals surface area contributed by atoms with E-state index in [0.717, 1.165) is 42.7 Å². The number of hydrogen-bond acceptors (Lipinski definition) is 5. The van der Waals surface area contributed by atoms with Crippen molar-refractivity contribution in [3.8, 4) is 0 Å². The van der Waals surface area contributed by atoms with Crippen LogP contribution in [0.1, 0.15) is 12.0 Å². The Morgan fingerprint density at radius 2 is 2.04 bits per heavy atom. The quantitative estimate of drug-likeness (QED) is 0.363. The Balaban J connectivity index is 0.00000280. The molecule has 0 radical (unpaired) electrons. The summed E-state index contributed by atoms with van der Waals surface area (Å²) in [6, 6.07) is 8.04. The highest BCUT2D eigenvalue weighted by Gasteiger charge is 2.25. The molecule has 2 N–H and O–H groups in total. The van der Waals surface area contributed by atoms with Gasteiger partial charge in [0.1, 0.15) is 11.6 Å². The summed E-state index contributed by atoms with van der Waals surface area (Å²) in [6.45, 7) is 2.41. The van der Waals surface area contributed by atoms with Gasteiger partial charge in [0.05, 0.1) is 5.02 Å². The molecule has 28 heavy (non-hydrogen) atoms. The predicted octanol–water partition coefficient (Wildman–Crippen LogP) is 2.76. The largest absolute Gasteiger partial charge is 0.362 e. The third-order valence-corrected chi connectivity index (χ3v) is 4.82. The number of hydrogen-bond donors (Lipinski definition) is 2. The van der Waals surface area contributed by atoms with Crippen molar-refractivity contribution in [2.24, 2.45) is 4.99 Å². The van der Waals surface area contributed by atoms with Gasteiger partial charge < -0.3 is 20.4 Å². The third-order valence-electron chi connectivity index (χ3n) is 4.53. The number of pyridine rings is 2. The first-order valence-electron chi connectivity index (χ1n) is 9.02. The van der Waals surface area contributed by atoms with E-state index < -0.39 is 0 Å². The Morgan fingerprint density at radius 1 is 1.29 bits per heavy atom. The molecule has 1 saturated heterocycles. The van der Waals surface area contributed by atoms with Crippen LogP contribution in [0.3, 0.4) is 0 Å². The van der Waals surface area contributed by atoms with Gasteiger partial charge in [-0.15, -0.1) is 24.0 Å². The summed E-state index contributed by atoms with van der Waals surface area (Å²) in [5.74, 6) is 2.58. The fourth-order valence-corrected chi connectivity index (χ4v) is 3.46. The molecule has 2 aromatic heterocycles. The minimum Gasteiger partial charge on any atom is -0.362 e. The zero-order chi connectivity index (χ0) is 19.2. The molecule has 1 aliphatic heterocycles. The molecule has 0 spiro atoms. The molecular weight excluding hydrogens is 489 g/mol. The van der Waals surface area contributed by atoms with Gasteiger partial charge in [-0.1, -0.05) is 17.7 Å². The lowest BCUT2D eigenvalue weighted by atomic mass is 10.2. The summed E-state index contributed by atoms with van der Waals surface area (Å²) in [4.78, 5) is 17.4. The fraction of sp³-hybridized carbons (Fsp3) is 0.421. The van der Waals surface area contributed by atoms with Gasteiger partial charge in [0.15, 0.2) is 5.96 Å². The minimum atomic E-state index is 0. The Kier molecular flexibility index (Phi) is 8.56. The zero-order valence-electron chi connectivity index (χ0n) is 16.4. The molecule has 1 aliphatic rings. The van der Waals surface area contributed by atoms with Gasteiger partial charge in [0, 0.05) is 64.8 Å². The lowest BCUT2D eigenvalue weighted by Gasteiger charge is -2.21. The van der Waals surface area contributed by atoms with Crippen molar-refractivity contribution < 1.29 is 0 Å². The highest BCUT2D eigenvalue weighted by atomic mass is 127. The SMILES string of the molecule is CN=C(NCc1cccnc1N(C)C)NC1CCN(c2ncccc2Cl)C1.I. The minimum absolute atomic E-state index is 0. The summed E-state index contributed by atoms with van der Waals surface area (Å²) in [5, 5.41) is 7.57. The van der Waals surface area contributed by atoms with E-state index in [-0.39, 0.29) is 30.0 Å². The second-order valence-corrected chi connectivity index (χ2v) is 7.10. The molecule has 7 nitrogen and oxygen atoms in total. The lowest BCUT2D eigenvalue weighted by molar-refractivity contribution is 0.648. The molecule has 1 fully saturated rings. The topological polar surface area (TPSA) is 68.7 Å². The molecular formula is C19H27ClIN7. The summed E-state index contributed by atoms with van der Waals surface area (Å²) < 4.78 is 0. The van der Waals surface area contributed by atoms with Gasteiger partial charge in [0.2, 0.25) is 0 Å². The lowest BCUT2D eigenvalue weighted by Crippen LogP contribution is -2.44. The van der Waals surface area contributed by atoms with Crippen LogP contribution in [-0.4, -0.2) is 56.2 Å². The maximum atomic E-state index is 6.27. The molecule has 9 heteroatoms. The van der Waals surface area contributed by atoms with Crippen LogP contribution in [0.15, 0.2) is 41.7 Å². The first-order chi connectivity index (χ1) is 13.1. The van der Waals surface area contributed by atoms with E-state index >= 15 is 0 Å². The molecule has 3 heterocycles. The summed E-state index contributed by atoms with van der Waals surface area (Å²) in [7, 11) is 5.78. The van der Waals surface area contributed by atoms with E-state index in [4.69, 9.17) is 11.6 Å². The molecule has 1 unspecified atom stereocenters. The molecule has 0 aromatic carbocycles. The van der Waals surface area contributed by atoms with Crippen LogP contribution >= 0.6 is 35.6 Å². The second-order valence-electron chi connectivity index (χ2n) is 6.69. The number of halogens is 2. The number of aromatic nitrogens is 2. The average Bonchev–Trinajstić information content (AvgIpc) is 3.14. The average molecular weight is 516 g/mol. The standard InChI is InChI=1S/C19H26ClN7.HI/c1-21-19(24-12-14-6-4-9-22-17(14)26(2)3)25-15-8-11-27(13-15)18-16(20)7-5-10-23-18;/h4-7,9-10,15H,8,11-13H2,1-3H3,(H2,21,24,25);1H. The molecule has 0 amide bonds. The number of anilines is 2. The number of nitrogens with zero attached hydrogens (tertiary/aromatic N) is 5. The molecule has 2 aromatic rings. The van der Waals surface area contributed by atoms with Crippen LogP contribution < -0.4 is 20.4 Å². The molecule has 0 aliphatic carbocycles. The Morgan fingerprint density at radius 3 is 2.75 bits per heavy atom. The first-order valence-corrected chi connectivity index (χ1v) is 9.40. The monoisotopic (exact) mass is 515 g/mol. The zero-order valence-corrected chi connectivity index (χ0v) is 19.5. The van der Waals surface area contributed by atoms with Gasteiger partial charge in [-0.05, 0) is 24.6 Å². The fourth-order valence-electron chi connectivity index (χ4n) is 3.22. The van der Waals surface area contributed by atoms with E-state index in [0.29, 0.717) is 11.6 Å². The van der Waals surface area contributed by atoms with Gasteiger partial charge in [-0.2, -0.15) is 0 Å². The Hall–Kier alpha value is -1.81. The molecule has 152 valence electrons. The van der Waals surface area contributed by atoms with Crippen LogP contribution in [-0.2, 0) is 6.54 Å². The van der Waals surface area contributed by atoms with Gasteiger partial charge in [0.25, 0.3) is 0 Å². The van der Waals surface area contributed by atoms with Crippen molar-refractivity contribution in [2.45, 2.75) is 19.0 Å². The van der Waals surface area contributed by atoms with Crippen molar-refractivity contribution in [1.29, 1.82) is 0 Å². The van der Waals surface area contributed by atoms with E-state index in [9.17, 15) is 0 Å². The maximum absolute atomic E-state index is 6.27. The van der Waals surface area contributed by atoms with E-state index in [1.807, 2.05) is 43.4 Å². The molecule has 0 bridgehead atoms. The number of guanidine groups is 1. The van der Waals surface area contributed by atoms with Crippen molar-refractivity contribution in [3.05, 3.63) is 47.2 Å². The predicted molar refractivity (Wildman–Crippen MR) is 127 cm³/mol. The van der Waals surface area contributed by atoms with Crippen molar-refractivity contribution >= 4 is 53.2 Å². The van der Waals surface area contributed by atoms with E-state index in [1.165, 1.54) is 0 Å².